The normalized spacial score (nSPS) is 19.2. The number of amides is 1. The highest BCUT2D eigenvalue weighted by Crippen LogP contribution is 2.37. The van der Waals surface area contributed by atoms with Crippen molar-refractivity contribution in [2.45, 2.75) is 57.3 Å². The van der Waals surface area contributed by atoms with Crippen LogP contribution in [-0.4, -0.2) is 56.5 Å². The first-order valence-corrected chi connectivity index (χ1v) is 9.34. The Labute approximate surface area is 178 Å². The standard InChI is InChI=1S/C19H30BFN2O5.ClH/c1-18(2)19(3,4)28-20(27-18)16(23-17(24)15(22)12-25-5)10-11-26-14-8-6-13(21)7-9-14;/h6-9,15-16H,10-12,22H2,1-5H3,(H,23,24);1H/t15-,16+;/m1./s1. The van der Waals surface area contributed by atoms with Crippen molar-refractivity contribution in [1.29, 1.82) is 0 Å². The van der Waals surface area contributed by atoms with Crippen molar-refractivity contribution in [2.75, 3.05) is 20.3 Å². The van der Waals surface area contributed by atoms with Crippen molar-refractivity contribution in [1.82, 2.24) is 5.32 Å². The average Bonchev–Trinajstić information content (AvgIpc) is 2.83. The largest absolute Gasteiger partial charge is 0.494 e. The van der Waals surface area contributed by atoms with E-state index in [2.05, 4.69) is 5.32 Å². The number of hydrogen-bond donors (Lipinski definition) is 2. The number of halogens is 2. The van der Waals surface area contributed by atoms with Gasteiger partial charge in [-0.15, -0.1) is 12.4 Å². The van der Waals surface area contributed by atoms with Crippen molar-refractivity contribution >= 4 is 25.4 Å². The van der Waals surface area contributed by atoms with Crippen LogP contribution in [0.4, 0.5) is 4.39 Å². The van der Waals surface area contributed by atoms with Crippen LogP contribution in [0.1, 0.15) is 34.1 Å². The zero-order valence-electron chi connectivity index (χ0n) is 17.6. The highest BCUT2D eigenvalue weighted by atomic mass is 35.5. The van der Waals surface area contributed by atoms with E-state index in [1.165, 1.54) is 19.2 Å². The number of rotatable bonds is 9. The molecule has 1 aromatic rings. The van der Waals surface area contributed by atoms with Gasteiger partial charge in [0.1, 0.15) is 17.6 Å². The Morgan fingerprint density at radius 1 is 1.21 bits per heavy atom. The topological polar surface area (TPSA) is 92.0 Å². The summed E-state index contributed by atoms with van der Waals surface area (Å²) in [4.78, 5) is 12.4. The lowest BCUT2D eigenvalue weighted by Crippen LogP contribution is -2.54. The van der Waals surface area contributed by atoms with E-state index < -0.39 is 30.3 Å². The Morgan fingerprint density at radius 3 is 2.28 bits per heavy atom. The molecule has 1 aliphatic rings. The highest BCUT2D eigenvalue weighted by Gasteiger charge is 2.54. The van der Waals surface area contributed by atoms with Gasteiger partial charge in [0.25, 0.3) is 0 Å². The van der Waals surface area contributed by atoms with Crippen molar-refractivity contribution in [3.05, 3.63) is 30.1 Å². The molecular weight excluding hydrogens is 401 g/mol. The molecule has 2 atom stereocenters. The molecule has 1 amide bonds. The third-order valence-corrected chi connectivity index (χ3v) is 5.12. The summed E-state index contributed by atoms with van der Waals surface area (Å²) in [7, 11) is 0.829. The van der Waals surface area contributed by atoms with Crippen LogP contribution >= 0.6 is 12.4 Å². The summed E-state index contributed by atoms with van der Waals surface area (Å²) in [5.41, 5.74) is 4.76. The van der Waals surface area contributed by atoms with Crippen molar-refractivity contribution < 1.29 is 28.0 Å². The molecule has 10 heteroatoms. The molecule has 3 N–H and O–H groups in total. The van der Waals surface area contributed by atoms with Gasteiger partial charge in [-0.1, -0.05) is 0 Å². The molecule has 1 heterocycles. The van der Waals surface area contributed by atoms with Crippen LogP contribution in [0, 0.1) is 5.82 Å². The highest BCUT2D eigenvalue weighted by molar-refractivity contribution is 6.48. The van der Waals surface area contributed by atoms with Gasteiger partial charge in [-0.2, -0.15) is 0 Å². The second-order valence-electron chi connectivity index (χ2n) is 7.89. The number of benzene rings is 1. The molecule has 2 rings (SSSR count). The van der Waals surface area contributed by atoms with Crippen LogP contribution in [0.15, 0.2) is 24.3 Å². The maximum Gasteiger partial charge on any atom is 0.481 e. The van der Waals surface area contributed by atoms with E-state index in [1.807, 2.05) is 27.7 Å². The second-order valence-corrected chi connectivity index (χ2v) is 7.89. The molecule has 0 aliphatic carbocycles. The molecule has 0 spiro atoms. The van der Waals surface area contributed by atoms with Gasteiger partial charge in [0.2, 0.25) is 5.91 Å². The minimum atomic E-state index is -0.798. The molecular formula is C19H31BClFN2O5. The molecule has 0 radical (unpaired) electrons. The van der Waals surface area contributed by atoms with Gasteiger partial charge in [-0.25, -0.2) is 4.39 Å². The van der Waals surface area contributed by atoms with Crippen LogP contribution in [0.25, 0.3) is 0 Å². The summed E-state index contributed by atoms with van der Waals surface area (Å²) in [6, 6.07) is 4.95. The van der Waals surface area contributed by atoms with Gasteiger partial charge in [0.15, 0.2) is 0 Å². The first kappa shape index (κ1) is 25.7. The van der Waals surface area contributed by atoms with E-state index in [-0.39, 0.29) is 37.3 Å². The number of carbonyl (C=O) groups is 1. The molecule has 1 fully saturated rings. The van der Waals surface area contributed by atoms with E-state index >= 15 is 0 Å². The maximum atomic E-state index is 13.0. The monoisotopic (exact) mass is 432 g/mol. The predicted molar refractivity (Wildman–Crippen MR) is 112 cm³/mol. The van der Waals surface area contributed by atoms with E-state index in [9.17, 15) is 9.18 Å². The Hall–Kier alpha value is -1.39. The van der Waals surface area contributed by atoms with Crippen LogP contribution in [-0.2, 0) is 18.8 Å². The second kappa shape index (κ2) is 10.6. The van der Waals surface area contributed by atoms with Crippen LogP contribution in [0.5, 0.6) is 5.75 Å². The molecule has 0 unspecified atom stereocenters. The van der Waals surface area contributed by atoms with Gasteiger partial charge in [-0.05, 0) is 52.0 Å². The lowest BCUT2D eigenvalue weighted by Gasteiger charge is -2.32. The third-order valence-electron chi connectivity index (χ3n) is 5.12. The number of ether oxygens (including phenoxy) is 2. The summed E-state index contributed by atoms with van der Waals surface area (Å²) >= 11 is 0. The maximum absolute atomic E-state index is 13.0. The minimum absolute atomic E-state index is 0. The quantitative estimate of drug-likeness (QED) is 0.581. The Balaban J connectivity index is 0.00000420. The SMILES string of the molecule is COC[C@@H](N)C(=O)N[C@@H](CCOc1ccc(F)cc1)B1OC(C)(C)C(C)(C)O1.Cl. The Kier molecular flexibility index (Phi) is 9.36. The molecule has 1 saturated heterocycles. The van der Waals surface area contributed by atoms with E-state index in [0.29, 0.717) is 12.2 Å². The van der Waals surface area contributed by atoms with Gasteiger partial charge >= 0.3 is 7.12 Å². The fourth-order valence-corrected chi connectivity index (χ4v) is 2.71. The Bertz CT molecular complexity index is 647. The van der Waals surface area contributed by atoms with E-state index in [1.54, 1.807) is 12.1 Å². The fraction of sp³-hybridized carbons (Fsp3) is 0.632. The minimum Gasteiger partial charge on any atom is -0.494 e. The number of methoxy groups -OCH3 is 1. The summed E-state index contributed by atoms with van der Waals surface area (Å²) in [6.07, 6.45) is 0.416. The predicted octanol–water partition coefficient (Wildman–Crippen LogP) is 2.11. The zero-order valence-corrected chi connectivity index (χ0v) is 18.4. The number of hydrogen-bond acceptors (Lipinski definition) is 6. The zero-order chi connectivity index (χ0) is 20.9. The number of nitrogens with one attached hydrogen (secondary N) is 1. The van der Waals surface area contributed by atoms with Gasteiger partial charge in [-0.3, -0.25) is 4.79 Å². The summed E-state index contributed by atoms with van der Waals surface area (Å²) in [5, 5.41) is 2.88. The molecule has 7 nitrogen and oxygen atoms in total. The number of nitrogens with two attached hydrogens (primary N) is 1. The summed E-state index contributed by atoms with van der Waals surface area (Å²) in [5.74, 6) is -0.626. The Morgan fingerprint density at radius 2 is 1.76 bits per heavy atom. The van der Waals surface area contributed by atoms with E-state index in [0.717, 1.165) is 0 Å². The number of carbonyl (C=O) groups excluding carboxylic acids is 1. The first-order valence-electron chi connectivity index (χ1n) is 9.34. The van der Waals surface area contributed by atoms with Crippen LogP contribution in [0.2, 0.25) is 0 Å². The molecule has 0 bridgehead atoms. The lowest BCUT2D eigenvalue weighted by atomic mass is 9.76. The third kappa shape index (κ3) is 6.82. The molecule has 1 aliphatic heterocycles. The molecule has 0 aromatic heterocycles. The van der Waals surface area contributed by atoms with E-state index in [4.69, 9.17) is 24.5 Å². The fourth-order valence-electron chi connectivity index (χ4n) is 2.71. The molecule has 29 heavy (non-hydrogen) atoms. The molecule has 164 valence electrons. The average molecular weight is 433 g/mol. The van der Waals surface area contributed by atoms with Gasteiger partial charge < -0.3 is 29.8 Å². The summed E-state index contributed by atoms with van der Waals surface area (Å²) < 4.78 is 35.8. The van der Waals surface area contributed by atoms with Gasteiger partial charge in [0.05, 0.1) is 30.4 Å². The van der Waals surface area contributed by atoms with Crippen molar-refractivity contribution in [3.8, 4) is 5.75 Å². The summed E-state index contributed by atoms with van der Waals surface area (Å²) in [6.45, 7) is 8.15. The first-order chi connectivity index (χ1) is 13.1. The van der Waals surface area contributed by atoms with Crippen molar-refractivity contribution in [2.24, 2.45) is 5.73 Å². The molecule has 0 saturated carbocycles. The van der Waals surface area contributed by atoms with Crippen molar-refractivity contribution in [3.63, 3.8) is 0 Å². The smallest absolute Gasteiger partial charge is 0.481 e. The van der Waals surface area contributed by atoms with Gasteiger partial charge in [0, 0.05) is 13.5 Å². The lowest BCUT2D eigenvalue weighted by molar-refractivity contribution is -0.123. The molecule has 1 aromatic carbocycles. The van der Waals surface area contributed by atoms with Crippen LogP contribution < -0.4 is 15.8 Å². The van der Waals surface area contributed by atoms with Crippen LogP contribution in [0.3, 0.4) is 0 Å².